The van der Waals surface area contributed by atoms with E-state index in [0.717, 1.165) is 11.1 Å². The maximum absolute atomic E-state index is 13.3. The fourth-order valence-electron chi connectivity index (χ4n) is 3.59. The van der Waals surface area contributed by atoms with E-state index in [9.17, 15) is 9.59 Å². The first kappa shape index (κ1) is 24.6. The van der Waals surface area contributed by atoms with Gasteiger partial charge in [-0.1, -0.05) is 31.5 Å². The van der Waals surface area contributed by atoms with Gasteiger partial charge in [-0.2, -0.15) is 0 Å². The number of carbonyl (C=O) groups is 1. The maximum atomic E-state index is 13.3. The predicted octanol–water partition coefficient (Wildman–Crippen LogP) is 5.41. The molecule has 0 aliphatic heterocycles. The van der Waals surface area contributed by atoms with Crippen molar-refractivity contribution >= 4 is 17.6 Å². The van der Waals surface area contributed by atoms with Crippen molar-refractivity contribution in [2.75, 3.05) is 7.11 Å². The van der Waals surface area contributed by atoms with Crippen LogP contribution in [0.2, 0.25) is 5.02 Å². The number of benzene rings is 1. The van der Waals surface area contributed by atoms with E-state index in [-0.39, 0.29) is 17.9 Å². The van der Waals surface area contributed by atoms with E-state index in [1.807, 2.05) is 18.2 Å². The smallest absolute Gasteiger partial charge is 0.330 e. The molecule has 8 heteroatoms. The second-order valence-electron chi connectivity index (χ2n) is 9.07. The summed E-state index contributed by atoms with van der Waals surface area (Å²) in [6.45, 7) is 9.44. The number of methoxy groups -OCH3 is 1. The van der Waals surface area contributed by atoms with Gasteiger partial charge in [0.15, 0.2) is 5.89 Å². The van der Waals surface area contributed by atoms with Gasteiger partial charge in [0, 0.05) is 16.7 Å². The predicted molar refractivity (Wildman–Crippen MR) is 127 cm³/mol. The zero-order valence-electron chi connectivity index (χ0n) is 19.7. The van der Waals surface area contributed by atoms with Crippen LogP contribution >= 0.6 is 11.6 Å². The first-order valence-corrected chi connectivity index (χ1v) is 11.1. The Kier molecular flexibility index (Phi) is 7.32. The van der Waals surface area contributed by atoms with E-state index >= 15 is 0 Å². The maximum Gasteiger partial charge on any atom is 0.330 e. The summed E-state index contributed by atoms with van der Waals surface area (Å²) in [6.07, 6.45) is 4.49. The van der Waals surface area contributed by atoms with Crippen LogP contribution in [0.3, 0.4) is 0 Å². The molecule has 0 aliphatic rings. The highest BCUT2D eigenvalue weighted by Gasteiger charge is 2.30. The summed E-state index contributed by atoms with van der Waals surface area (Å²) in [5.41, 5.74) is 1.32. The standard InChI is InChI=1S/C25H29ClN2O5/c1-15(2)17-8-7-16(26)11-18(17)19-12-23(29)28(14-21(19)31-6)20(13-22-27-9-10-32-22)24(30)33-25(3,4)5/h7-12,14-15,20H,13H2,1-6H3. The van der Waals surface area contributed by atoms with Gasteiger partial charge in [0.05, 0.1) is 25.9 Å². The number of esters is 1. The Morgan fingerprint density at radius 2 is 1.94 bits per heavy atom. The summed E-state index contributed by atoms with van der Waals surface area (Å²) in [7, 11) is 1.52. The van der Waals surface area contributed by atoms with Crippen molar-refractivity contribution < 1.29 is 18.7 Å². The lowest BCUT2D eigenvalue weighted by molar-refractivity contribution is -0.159. The van der Waals surface area contributed by atoms with Crippen molar-refractivity contribution in [1.29, 1.82) is 0 Å². The van der Waals surface area contributed by atoms with Crippen LogP contribution in [0.4, 0.5) is 0 Å². The lowest BCUT2D eigenvalue weighted by atomic mass is 9.92. The van der Waals surface area contributed by atoms with Crippen LogP contribution in [0.5, 0.6) is 5.75 Å². The number of oxazole rings is 1. The second kappa shape index (κ2) is 9.83. The quantitative estimate of drug-likeness (QED) is 0.427. The van der Waals surface area contributed by atoms with Crippen molar-refractivity contribution in [3.63, 3.8) is 0 Å². The molecule has 0 saturated heterocycles. The highest BCUT2D eigenvalue weighted by molar-refractivity contribution is 6.30. The van der Waals surface area contributed by atoms with Gasteiger partial charge < -0.3 is 13.9 Å². The molecule has 1 atom stereocenters. The molecular weight excluding hydrogens is 444 g/mol. The second-order valence-corrected chi connectivity index (χ2v) is 9.50. The van der Waals surface area contributed by atoms with Gasteiger partial charge in [0.25, 0.3) is 5.56 Å². The Hall–Kier alpha value is -3.06. The van der Waals surface area contributed by atoms with Crippen LogP contribution in [0.1, 0.15) is 58.0 Å². The number of hydrogen-bond donors (Lipinski definition) is 0. The molecule has 2 heterocycles. The van der Waals surface area contributed by atoms with Crippen molar-refractivity contribution in [2.24, 2.45) is 0 Å². The highest BCUT2D eigenvalue weighted by Crippen LogP contribution is 2.36. The molecule has 0 amide bonds. The van der Waals surface area contributed by atoms with Crippen molar-refractivity contribution in [3.8, 4) is 16.9 Å². The number of halogens is 1. The number of nitrogens with zero attached hydrogens (tertiary/aromatic N) is 2. The van der Waals surface area contributed by atoms with Gasteiger partial charge in [-0.25, -0.2) is 9.78 Å². The van der Waals surface area contributed by atoms with Crippen molar-refractivity contribution in [2.45, 2.75) is 58.6 Å². The molecule has 0 saturated carbocycles. The molecule has 0 bridgehead atoms. The summed E-state index contributed by atoms with van der Waals surface area (Å²) in [5, 5.41) is 0.552. The Morgan fingerprint density at radius 3 is 2.52 bits per heavy atom. The minimum absolute atomic E-state index is 0.0543. The number of pyridine rings is 1. The number of carbonyl (C=O) groups excluding carboxylic acids is 1. The van der Waals surface area contributed by atoms with E-state index in [0.29, 0.717) is 22.2 Å². The summed E-state index contributed by atoms with van der Waals surface area (Å²) in [6, 6.07) is 6.06. The molecule has 1 unspecified atom stereocenters. The van der Waals surface area contributed by atoms with Crippen LogP contribution in [-0.2, 0) is 16.0 Å². The van der Waals surface area contributed by atoms with E-state index in [1.54, 1.807) is 20.8 Å². The first-order chi connectivity index (χ1) is 15.5. The van der Waals surface area contributed by atoms with Gasteiger partial charge in [0.1, 0.15) is 23.7 Å². The SMILES string of the molecule is COc1cn(C(Cc2ncco2)C(=O)OC(C)(C)C)c(=O)cc1-c1cc(Cl)ccc1C(C)C. The van der Waals surface area contributed by atoms with Gasteiger partial charge in [-0.3, -0.25) is 9.36 Å². The topological polar surface area (TPSA) is 83.6 Å². The number of rotatable bonds is 7. The summed E-state index contributed by atoms with van der Waals surface area (Å²) >= 11 is 6.27. The molecule has 3 aromatic rings. The number of aromatic nitrogens is 2. The zero-order valence-corrected chi connectivity index (χ0v) is 20.5. The van der Waals surface area contributed by atoms with Crippen LogP contribution in [0.25, 0.3) is 11.1 Å². The fraction of sp³-hybridized carbons (Fsp3) is 0.400. The zero-order chi connectivity index (χ0) is 24.3. The first-order valence-electron chi connectivity index (χ1n) is 10.7. The molecule has 33 heavy (non-hydrogen) atoms. The largest absolute Gasteiger partial charge is 0.495 e. The molecule has 0 aliphatic carbocycles. The molecule has 0 spiro atoms. The van der Waals surface area contributed by atoms with Crippen LogP contribution < -0.4 is 10.3 Å². The summed E-state index contributed by atoms with van der Waals surface area (Å²) in [5.74, 6) is 0.379. The third-order valence-electron chi connectivity index (χ3n) is 5.06. The van der Waals surface area contributed by atoms with Gasteiger partial charge in [-0.05, 0) is 49.9 Å². The van der Waals surface area contributed by atoms with Gasteiger partial charge in [-0.15, -0.1) is 0 Å². The Balaban J connectivity index is 2.15. The molecule has 0 N–H and O–H groups in total. The molecule has 2 aromatic heterocycles. The van der Waals surface area contributed by atoms with Crippen LogP contribution in [0.15, 0.2) is 52.1 Å². The molecule has 0 radical (unpaired) electrons. The lowest BCUT2D eigenvalue weighted by Gasteiger charge is -2.25. The molecule has 7 nitrogen and oxygen atoms in total. The third kappa shape index (κ3) is 5.85. The van der Waals surface area contributed by atoms with Gasteiger partial charge in [0.2, 0.25) is 0 Å². The van der Waals surface area contributed by atoms with Crippen LogP contribution in [-0.4, -0.2) is 28.2 Å². The monoisotopic (exact) mass is 472 g/mol. The number of hydrogen-bond acceptors (Lipinski definition) is 6. The third-order valence-corrected chi connectivity index (χ3v) is 5.29. The molecule has 1 aromatic carbocycles. The van der Waals surface area contributed by atoms with Gasteiger partial charge >= 0.3 is 5.97 Å². The molecule has 3 rings (SSSR count). The Labute approximate surface area is 198 Å². The molecular formula is C25H29ClN2O5. The average Bonchev–Trinajstić information content (AvgIpc) is 3.23. The minimum atomic E-state index is -0.984. The summed E-state index contributed by atoms with van der Waals surface area (Å²) < 4.78 is 17.9. The Morgan fingerprint density at radius 1 is 1.21 bits per heavy atom. The van der Waals surface area contributed by atoms with E-state index in [1.165, 1.54) is 36.4 Å². The lowest BCUT2D eigenvalue weighted by Crippen LogP contribution is -2.36. The molecule has 176 valence electrons. The van der Waals surface area contributed by atoms with E-state index in [2.05, 4.69) is 18.8 Å². The highest BCUT2D eigenvalue weighted by atomic mass is 35.5. The average molecular weight is 473 g/mol. The van der Waals surface area contributed by atoms with Crippen molar-refractivity contribution in [1.82, 2.24) is 9.55 Å². The van der Waals surface area contributed by atoms with Crippen molar-refractivity contribution in [3.05, 3.63) is 69.8 Å². The molecule has 0 fully saturated rings. The normalized spacial score (nSPS) is 12.6. The van der Waals surface area contributed by atoms with E-state index in [4.69, 9.17) is 25.5 Å². The summed E-state index contributed by atoms with van der Waals surface area (Å²) in [4.78, 5) is 30.5. The fourth-order valence-corrected chi connectivity index (χ4v) is 3.77. The van der Waals surface area contributed by atoms with E-state index < -0.39 is 17.6 Å². The van der Waals surface area contributed by atoms with Crippen LogP contribution in [0, 0.1) is 0 Å². The minimum Gasteiger partial charge on any atom is -0.495 e. The number of ether oxygens (including phenoxy) is 2. The Bertz CT molecular complexity index is 1180.